The Bertz CT molecular complexity index is 1430. The Morgan fingerprint density at radius 1 is 0.921 bits per heavy atom. The molecule has 3 aromatic rings. The fourth-order valence-electron chi connectivity index (χ4n) is 3.42. The number of ketones is 1. The van der Waals surface area contributed by atoms with Crippen molar-refractivity contribution in [1.82, 2.24) is 4.90 Å². The molecule has 0 saturated carbocycles. The van der Waals surface area contributed by atoms with Crippen LogP contribution in [-0.2, 0) is 14.3 Å². The van der Waals surface area contributed by atoms with Crippen molar-refractivity contribution in [3.63, 3.8) is 0 Å². The third-order valence-electron chi connectivity index (χ3n) is 5.46. The molecule has 10 heteroatoms. The zero-order valence-corrected chi connectivity index (χ0v) is 22.5. The van der Waals surface area contributed by atoms with E-state index in [1.807, 2.05) is 19.1 Å². The number of halogens is 1. The molecular formula is C28H21BrN2O6S. The first-order chi connectivity index (χ1) is 18.2. The highest BCUT2D eigenvalue weighted by Gasteiger charge is 2.36. The van der Waals surface area contributed by atoms with Gasteiger partial charge in [0.1, 0.15) is 0 Å². The highest BCUT2D eigenvalue weighted by atomic mass is 79.9. The van der Waals surface area contributed by atoms with E-state index in [9.17, 15) is 24.0 Å². The van der Waals surface area contributed by atoms with E-state index in [2.05, 4.69) is 21.2 Å². The van der Waals surface area contributed by atoms with Crippen LogP contribution in [0.1, 0.15) is 31.8 Å². The van der Waals surface area contributed by atoms with E-state index in [-0.39, 0.29) is 22.8 Å². The van der Waals surface area contributed by atoms with Crippen LogP contribution in [-0.4, -0.2) is 46.9 Å². The molecule has 0 aliphatic carbocycles. The van der Waals surface area contributed by atoms with Crippen LogP contribution in [0.15, 0.2) is 82.2 Å². The number of Topliss-reactive ketones (excluding diaryl/α,β-unsaturated/α-hetero) is 1. The summed E-state index contributed by atoms with van der Waals surface area (Å²) in [6.07, 6.45) is 1.51. The summed E-state index contributed by atoms with van der Waals surface area (Å²) in [5.41, 5.74) is 2.84. The molecule has 0 unspecified atom stereocenters. The lowest BCUT2D eigenvalue weighted by atomic mass is 10.1. The summed E-state index contributed by atoms with van der Waals surface area (Å²) in [6, 6.07) is 20.0. The average Bonchev–Trinajstić information content (AvgIpc) is 3.16. The molecule has 0 aromatic heterocycles. The fraction of sp³-hybridized carbons (Fsp3) is 0.107. The quantitative estimate of drug-likeness (QED) is 0.210. The highest BCUT2D eigenvalue weighted by molar-refractivity contribution is 9.10. The van der Waals surface area contributed by atoms with Gasteiger partial charge in [-0.05, 0) is 66.7 Å². The summed E-state index contributed by atoms with van der Waals surface area (Å²) in [7, 11) is 0. The van der Waals surface area contributed by atoms with Crippen LogP contribution in [0.25, 0.3) is 6.08 Å². The molecule has 192 valence electrons. The van der Waals surface area contributed by atoms with Gasteiger partial charge in [-0.2, -0.15) is 0 Å². The molecule has 1 saturated heterocycles. The lowest BCUT2D eigenvalue weighted by Crippen LogP contribution is -2.33. The third kappa shape index (κ3) is 6.84. The smallest absolute Gasteiger partial charge is 0.338 e. The molecule has 38 heavy (non-hydrogen) atoms. The van der Waals surface area contributed by atoms with E-state index in [1.165, 1.54) is 18.2 Å². The number of nitrogens with zero attached hydrogens (tertiary/aromatic N) is 1. The SMILES string of the molecule is Cc1ccc(NC(=O)COC(=O)c2ccc(/C=C3\SC(=O)N(CC(=O)c4ccc(Br)cc4)C3=O)cc2)cc1. The van der Waals surface area contributed by atoms with Crippen LogP contribution < -0.4 is 5.32 Å². The minimum atomic E-state index is -0.678. The number of ether oxygens (including phenoxy) is 1. The molecule has 8 nitrogen and oxygen atoms in total. The van der Waals surface area contributed by atoms with Gasteiger partial charge in [0.25, 0.3) is 17.1 Å². The monoisotopic (exact) mass is 592 g/mol. The number of esters is 1. The molecular weight excluding hydrogens is 572 g/mol. The molecule has 0 spiro atoms. The summed E-state index contributed by atoms with van der Waals surface area (Å²) in [5, 5.41) is 2.12. The summed E-state index contributed by atoms with van der Waals surface area (Å²) < 4.78 is 5.88. The Labute approximate surface area is 231 Å². The minimum absolute atomic E-state index is 0.168. The number of hydrogen-bond acceptors (Lipinski definition) is 7. The predicted octanol–water partition coefficient (Wildman–Crippen LogP) is 5.47. The van der Waals surface area contributed by atoms with Gasteiger partial charge in [-0.1, -0.05) is 57.9 Å². The first kappa shape index (κ1) is 27.0. The van der Waals surface area contributed by atoms with Crippen LogP contribution in [0.4, 0.5) is 10.5 Å². The van der Waals surface area contributed by atoms with E-state index in [0.29, 0.717) is 16.8 Å². The molecule has 1 aliphatic heterocycles. The predicted molar refractivity (Wildman–Crippen MR) is 148 cm³/mol. The van der Waals surface area contributed by atoms with Crippen LogP contribution in [0.2, 0.25) is 0 Å². The third-order valence-corrected chi connectivity index (χ3v) is 6.89. The van der Waals surface area contributed by atoms with E-state index < -0.39 is 29.6 Å². The van der Waals surface area contributed by atoms with E-state index in [0.717, 1.165) is 26.7 Å². The van der Waals surface area contributed by atoms with Crippen molar-refractivity contribution in [2.24, 2.45) is 0 Å². The maximum absolute atomic E-state index is 12.8. The lowest BCUT2D eigenvalue weighted by molar-refractivity contribution is -0.122. The molecule has 3 aromatic carbocycles. The van der Waals surface area contributed by atoms with Crippen molar-refractivity contribution in [3.05, 3.63) is 104 Å². The number of anilines is 1. The Hall–Kier alpha value is -4.02. The number of thioether (sulfide) groups is 1. The van der Waals surface area contributed by atoms with Crippen LogP contribution in [0.5, 0.6) is 0 Å². The summed E-state index contributed by atoms with van der Waals surface area (Å²) in [6.45, 7) is 1.13. The maximum Gasteiger partial charge on any atom is 0.338 e. The van der Waals surface area contributed by atoms with Crippen LogP contribution >= 0.6 is 27.7 Å². The number of imide groups is 1. The maximum atomic E-state index is 12.8. The van der Waals surface area contributed by atoms with Gasteiger partial charge in [-0.15, -0.1) is 0 Å². The van der Waals surface area contributed by atoms with Crippen molar-refractivity contribution in [3.8, 4) is 0 Å². The number of hydrogen-bond donors (Lipinski definition) is 1. The van der Waals surface area contributed by atoms with Crippen molar-refractivity contribution < 1.29 is 28.7 Å². The normalized spacial score (nSPS) is 14.1. The van der Waals surface area contributed by atoms with Gasteiger partial charge in [0.15, 0.2) is 12.4 Å². The van der Waals surface area contributed by atoms with E-state index >= 15 is 0 Å². The van der Waals surface area contributed by atoms with Gasteiger partial charge in [0.05, 0.1) is 17.0 Å². The molecule has 1 heterocycles. The first-order valence-electron chi connectivity index (χ1n) is 11.4. The van der Waals surface area contributed by atoms with Gasteiger partial charge in [0.2, 0.25) is 0 Å². The minimum Gasteiger partial charge on any atom is -0.452 e. The largest absolute Gasteiger partial charge is 0.452 e. The van der Waals surface area contributed by atoms with Gasteiger partial charge in [-0.25, -0.2) is 4.79 Å². The second-order valence-corrected chi connectivity index (χ2v) is 10.2. The number of nitrogens with one attached hydrogen (secondary N) is 1. The number of benzene rings is 3. The number of carbonyl (C=O) groups excluding carboxylic acids is 5. The molecule has 1 N–H and O–H groups in total. The van der Waals surface area contributed by atoms with E-state index in [4.69, 9.17) is 4.74 Å². The van der Waals surface area contributed by atoms with Gasteiger partial charge in [0, 0.05) is 15.7 Å². The zero-order valence-electron chi connectivity index (χ0n) is 20.1. The van der Waals surface area contributed by atoms with Crippen LogP contribution in [0, 0.1) is 6.92 Å². The highest BCUT2D eigenvalue weighted by Crippen LogP contribution is 2.32. The summed E-state index contributed by atoms with van der Waals surface area (Å²) in [4.78, 5) is 63.1. The topological polar surface area (TPSA) is 110 Å². The Balaban J connectivity index is 1.32. The average molecular weight is 593 g/mol. The first-order valence-corrected chi connectivity index (χ1v) is 13.0. The van der Waals surface area contributed by atoms with Crippen molar-refractivity contribution in [2.75, 3.05) is 18.5 Å². The van der Waals surface area contributed by atoms with Crippen molar-refractivity contribution in [2.45, 2.75) is 6.92 Å². The second-order valence-electron chi connectivity index (χ2n) is 8.31. The molecule has 0 bridgehead atoms. The fourth-order valence-corrected chi connectivity index (χ4v) is 4.52. The summed E-state index contributed by atoms with van der Waals surface area (Å²) >= 11 is 4.04. The van der Waals surface area contributed by atoms with E-state index in [1.54, 1.807) is 48.5 Å². The number of amides is 3. The van der Waals surface area contributed by atoms with Crippen molar-refractivity contribution >= 4 is 68.3 Å². The Morgan fingerprint density at radius 3 is 2.21 bits per heavy atom. The van der Waals surface area contributed by atoms with Gasteiger partial charge >= 0.3 is 5.97 Å². The van der Waals surface area contributed by atoms with Crippen LogP contribution in [0.3, 0.4) is 0 Å². The second kappa shape index (κ2) is 12.0. The molecule has 3 amide bonds. The van der Waals surface area contributed by atoms with Gasteiger partial charge in [-0.3, -0.25) is 24.1 Å². The summed E-state index contributed by atoms with van der Waals surface area (Å²) in [5.74, 6) is -2.06. The number of aryl methyl sites for hydroxylation is 1. The zero-order chi connectivity index (χ0) is 27.2. The Morgan fingerprint density at radius 2 is 1.55 bits per heavy atom. The van der Waals surface area contributed by atoms with Gasteiger partial charge < -0.3 is 10.1 Å². The molecule has 0 atom stereocenters. The lowest BCUT2D eigenvalue weighted by Gasteiger charge is -2.11. The molecule has 1 fully saturated rings. The molecule has 1 aliphatic rings. The Kier molecular flexibility index (Phi) is 8.55. The number of rotatable bonds is 8. The standard InChI is InChI=1S/C28H21BrN2O6S/c1-17-2-12-22(13-3-17)30-25(33)16-37-27(35)20-6-4-18(5-7-20)14-24-26(34)31(28(36)38-24)15-23(32)19-8-10-21(29)11-9-19/h2-14H,15-16H2,1H3,(H,30,33)/b24-14-. The molecule has 4 rings (SSSR count). The molecule has 0 radical (unpaired) electrons. The number of carbonyl (C=O) groups is 5. The van der Waals surface area contributed by atoms with Crippen molar-refractivity contribution in [1.29, 1.82) is 0 Å².